The fourth-order valence-corrected chi connectivity index (χ4v) is 1.38. The fraction of sp³-hybridized carbons (Fsp3) is 0.636. The summed E-state index contributed by atoms with van der Waals surface area (Å²) in [6.07, 6.45) is 1.59. The van der Waals surface area contributed by atoms with E-state index in [-0.39, 0.29) is 11.6 Å². The predicted molar refractivity (Wildman–Crippen MR) is 67.5 cm³/mol. The summed E-state index contributed by atoms with van der Waals surface area (Å²) in [6, 6.07) is 0.280. The lowest BCUT2D eigenvalue weighted by Crippen LogP contribution is -2.22. The van der Waals surface area contributed by atoms with Gasteiger partial charge < -0.3 is 14.2 Å². The van der Waals surface area contributed by atoms with Crippen LogP contribution in [0.2, 0.25) is 0 Å². The summed E-state index contributed by atoms with van der Waals surface area (Å²) >= 11 is 3.27. The van der Waals surface area contributed by atoms with Gasteiger partial charge in [-0.15, -0.1) is 0 Å². The van der Waals surface area contributed by atoms with Gasteiger partial charge in [-0.2, -0.15) is 4.98 Å². The molecular weight excluding hydrogens is 288 g/mol. The van der Waals surface area contributed by atoms with Crippen molar-refractivity contribution in [3.8, 4) is 11.9 Å². The van der Waals surface area contributed by atoms with Crippen LogP contribution in [0, 0.1) is 0 Å². The summed E-state index contributed by atoms with van der Waals surface area (Å²) in [5.74, 6) is 0.451. The molecule has 0 bridgehead atoms. The molecule has 0 aliphatic rings. The molecule has 0 atom stereocenters. The van der Waals surface area contributed by atoms with Gasteiger partial charge in [0.15, 0.2) is 0 Å². The molecule has 1 aromatic rings. The van der Waals surface area contributed by atoms with Crippen LogP contribution in [0.15, 0.2) is 10.7 Å². The van der Waals surface area contributed by atoms with Gasteiger partial charge in [-0.3, -0.25) is 0 Å². The molecule has 1 rings (SSSR count). The molecule has 0 radical (unpaired) electrons. The van der Waals surface area contributed by atoms with Crippen LogP contribution in [0.1, 0.15) is 20.8 Å². The fourth-order valence-electron chi connectivity index (χ4n) is 1.03. The summed E-state index contributed by atoms with van der Waals surface area (Å²) in [7, 11) is 1.54. The van der Waals surface area contributed by atoms with Crippen LogP contribution in [-0.2, 0) is 4.74 Å². The Kier molecular flexibility index (Phi) is 5.14. The third-order valence-corrected chi connectivity index (χ3v) is 2.28. The number of rotatable bonds is 5. The van der Waals surface area contributed by atoms with Crippen molar-refractivity contribution in [2.45, 2.75) is 26.4 Å². The molecule has 1 aromatic heterocycles. The molecule has 0 aliphatic heterocycles. The van der Waals surface area contributed by atoms with Gasteiger partial charge in [0, 0.05) is 0 Å². The number of aromatic nitrogens is 2. The molecule has 0 aromatic carbocycles. The second-order valence-electron chi connectivity index (χ2n) is 4.32. The van der Waals surface area contributed by atoms with Crippen LogP contribution in [0.4, 0.5) is 0 Å². The zero-order valence-electron chi connectivity index (χ0n) is 10.5. The SMILES string of the molecule is COc1nc(OCCOC(C)(C)C)ncc1Br. The molecule has 5 nitrogen and oxygen atoms in total. The zero-order valence-corrected chi connectivity index (χ0v) is 12.1. The van der Waals surface area contributed by atoms with Gasteiger partial charge in [0.2, 0.25) is 5.88 Å². The average Bonchev–Trinajstić information content (AvgIpc) is 2.25. The summed E-state index contributed by atoms with van der Waals surface area (Å²) < 4.78 is 16.6. The zero-order chi connectivity index (χ0) is 12.9. The molecule has 0 unspecified atom stereocenters. The van der Waals surface area contributed by atoms with Crippen LogP contribution in [-0.4, -0.2) is 35.9 Å². The van der Waals surface area contributed by atoms with E-state index in [0.29, 0.717) is 23.6 Å². The van der Waals surface area contributed by atoms with E-state index in [1.54, 1.807) is 13.3 Å². The third kappa shape index (κ3) is 5.32. The molecule has 0 spiro atoms. The van der Waals surface area contributed by atoms with Crippen molar-refractivity contribution in [3.05, 3.63) is 10.7 Å². The van der Waals surface area contributed by atoms with E-state index in [1.165, 1.54) is 0 Å². The highest BCUT2D eigenvalue weighted by Gasteiger charge is 2.10. The lowest BCUT2D eigenvalue weighted by molar-refractivity contribution is -0.0174. The largest absolute Gasteiger partial charge is 0.480 e. The van der Waals surface area contributed by atoms with Crippen LogP contribution in [0.5, 0.6) is 11.9 Å². The molecule has 96 valence electrons. The van der Waals surface area contributed by atoms with Crippen LogP contribution in [0.25, 0.3) is 0 Å². The first-order chi connectivity index (χ1) is 7.92. The van der Waals surface area contributed by atoms with E-state index in [4.69, 9.17) is 14.2 Å². The minimum atomic E-state index is -0.165. The molecular formula is C11H17BrN2O3. The first-order valence-electron chi connectivity index (χ1n) is 5.25. The first kappa shape index (κ1) is 14.2. The van der Waals surface area contributed by atoms with Crippen molar-refractivity contribution in [2.75, 3.05) is 20.3 Å². The number of hydrogen-bond acceptors (Lipinski definition) is 5. The second kappa shape index (κ2) is 6.16. The lowest BCUT2D eigenvalue weighted by Gasteiger charge is -2.19. The normalized spacial score (nSPS) is 11.4. The maximum absolute atomic E-state index is 5.51. The maximum atomic E-state index is 5.51. The standard InChI is InChI=1S/C11H17BrN2O3/c1-11(2,3)17-6-5-16-10-13-7-8(12)9(14-10)15-4/h7H,5-6H2,1-4H3. The third-order valence-electron chi connectivity index (χ3n) is 1.73. The summed E-state index contributed by atoms with van der Waals surface area (Å²) in [5, 5.41) is 0. The first-order valence-corrected chi connectivity index (χ1v) is 6.05. The Morgan fingerprint density at radius 1 is 1.29 bits per heavy atom. The van der Waals surface area contributed by atoms with E-state index in [9.17, 15) is 0 Å². The average molecular weight is 305 g/mol. The van der Waals surface area contributed by atoms with Crippen molar-refractivity contribution < 1.29 is 14.2 Å². The van der Waals surface area contributed by atoms with E-state index < -0.39 is 0 Å². The highest BCUT2D eigenvalue weighted by molar-refractivity contribution is 9.10. The van der Waals surface area contributed by atoms with Gasteiger partial charge >= 0.3 is 6.01 Å². The number of methoxy groups -OCH3 is 1. The smallest absolute Gasteiger partial charge is 0.319 e. The van der Waals surface area contributed by atoms with Gasteiger partial charge in [-0.25, -0.2) is 4.98 Å². The van der Waals surface area contributed by atoms with E-state index >= 15 is 0 Å². The number of nitrogens with zero attached hydrogens (tertiary/aromatic N) is 2. The highest BCUT2D eigenvalue weighted by Crippen LogP contribution is 2.22. The molecule has 0 amide bonds. The summed E-state index contributed by atoms with van der Waals surface area (Å²) in [5.41, 5.74) is -0.165. The molecule has 0 fully saturated rings. The molecule has 0 saturated heterocycles. The van der Waals surface area contributed by atoms with Crippen molar-refractivity contribution in [2.24, 2.45) is 0 Å². The van der Waals surface area contributed by atoms with Crippen molar-refractivity contribution >= 4 is 15.9 Å². The molecule has 6 heteroatoms. The molecule has 1 heterocycles. The molecule has 0 aliphatic carbocycles. The number of halogens is 1. The van der Waals surface area contributed by atoms with Crippen molar-refractivity contribution in [1.82, 2.24) is 9.97 Å². The van der Waals surface area contributed by atoms with Crippen molar-refractivity contribution in [3.63, 3.8) is 0 Å². The minimum absolute atomic E-state index is 0.165. The van der Waals surface area contributed by atoms with Crippen LogP contribution in [0.3, 0.4) is 0 Å². The highest BCUT2D eigenvalue weighted by atomic mass is 79.9. The number of ether oxygens (including phenoxy) is 3. The van der Waals surface area contributed by atoms with Gasteiger partial charge in [0.05, 0.1) is 30.0 Å². The Balaban J connectivity index is 2.42. The van der Waals surface area contributed by atoms with Crippen molar-refractivity contribution in [1.29, 1.82) is 0 Å². The summed E-state index contributed by atoms with van der Waals surface area (Å²) in [4.78, 5) is 8.07. The Labute approximate surface area is 110 Å². The monoisotopic (exact) mass is 304 g/mol. The van der Waals surface area contributed by atoms with Gasteiger partial charge in [0.25, 0.3) is 0 Å². The summed E-state index contributed by atoms with van der Waals surface area (Å²) in [6.45, 7) is 6.87. The quantitative estimate of drug-likeness (QED) is 0.782. The van der Waals surface area contributed by atoms with E-state index in [0.717, 1.165) is 0 Å². The maximum Gasteiger partial charge on any atom is 0.319 e. The topological polar surface area (TPSA) is 53.5 Å². The number of hydrogen-bond donors (Lipinski definition) is 0. The van der Waals surface area contributed by atoms with Crippen LogP contribution < -0.4 is 9.47 Å². The van der Waals surface area contributed by atoms with Gasteiger partial charge in [-0.1, -0.05) is 0 Å². The van der Waals surface area contributed by atoms with Gasteiger partial charge in [0.1, 0.15) is 6.61 Å². The Hall–Kier alpha value is -0.880. The van der Waals surface area contributed by atoms with Crippen LogP contribution >= 0.6 is 15.9 Å². The molecule has 0 N–H and O–H groups in total. The molecule has 0 saturated carbocycles. The van der Waals surface area contributed by atoms with E-state index in [1.807, 2.05) is 20.8 Å². The Morgan fingerprint density at radius 2 is 2.00 bits per heavy atom. The van der Waals surface area contributed by atoms with Gasteiger partial charge in [-0.05, 0) is 36.7 Å². The lowest BCUT2D eigenvalue weighted by atomic mass is 10.2. The predicted octanol–water partition coefficient (Wildman–Crippen LogP) is 2.44. The minimum Gasteiger partial charge on any atom is -0.480 e. The molecule has 17 heavy (non-hydrogen) atoms. The Bertz CT molecular complexity index is 366. The second-order valence-corrected chi connectivity index (χ2v) is 5.17. The Morgan fingerprint density at radius 3 is 2.59 bits per heavy atom. The van der Waals surface area contributed by atoms with E-state index in [2.05, 4.69) is 25.9 Å².